The number of nitrogens with one attached hydrogen (secondary N) is 1. The van der Waals surface area contributed by atoms with E-state index < -0.39 is 0 Å². The largest absolute Gasteiger partial charge is 0.313 e. The van der Waals surface area contributed by atoms with E-state index in [1.54, 1.807) is 12.8 Å². The minimum Gasteiger partial charge on any atom is -0.313 e. The van der Waals surface area contributed by atoms with Crippen molar-refractivity contribution in [3.05, 3.63) is 0 Å². The Morgan fingerprint density at radius 2 is 1.17 bits per heavy atom. The van der Waals surface area contributed by atoms with Crippen LogP contribution >= 0.6 is 0 Å². The third-order valence-electron chi connectivity index (χ3n) is 13.5. The average Bonchev–Trinajstić information content (AvgIpc) is 3.33. The van der Waals surface area contributed by atoms with Crippen molar-refractivity contribution in [2.75, 3.05) is 6.54 Å². The maximum absolute atomic E-state index is 3.82. The fourth-order valence-electron chi connectivity index (χ4n) is 12.8. The summed E-state index contributed by atoms with van der Waals surface area (Å²) in [6.45, 7) is 9.48. The summed E-state index contributed by atoms with van der Waals surface area (Å²) in [5.41, 5.74) is 1.72. The molecule has 16 unspecified atom stereocenters. The van der Waals surface area contributed by atoms with Crippen LogP contribution in [-0.2, 0) is 0 Å². The van der Waals surface area contributed by atoms with Crippen molar-refractivity contribution in [1.82, 2.24) is 5.32 Å². The van der Waals surface area contributed by atoms with E-state index in [1.165, 1.54) is 59.8 Å². The van der Waals surface area contributed by atoms with Gasteiger partial charge in [-0.15, -0.1) is 0 Å². The smallest absolute Gasteiger partial charge is 0.0144 e. The monoisotopic (exact) mass is 321 g/mol. The van der Waals surface area contributed by atoms with Crippen molar-refractivity contribution in [3.8, 4) is 0 Å². The molecule has 2 spiro atoms. The SMILES string of the molecule is CC1C(C)C2(C3C4C5CCC5C4C32)C2(C1C)C1C3C4CNC4C3C12. The first-order valence-electron chi connectivity index (χ1n) is 11.4. The van der Waals surface area contributed by atoms with Gasteiger partial charge in [-0.1, -0.05) is 20.8 Å². The van der Waals surface area contributed by atoms with Gasteiger partial charge < -0.3 is 5.32 Å². The Balaban J connectivity index is 1.21. The van der Waals surface area contributed by atoms with Gasteiger partial charge in [0.25, 0.3) is 0 Å². The second-order valence-electron chi connectivity index (χ2n) is 12.2. The zero-order valence-corrected chi connectivity index (χ0v) is 15.3. The van der Waals surface area contributed by atoms with Crippen LogP contribution in [0.5, 0.6) is 0 Å². The van der Waals surface area contributed by atoms with E-state index >= 15 is 0 Å². The molecule has 16 atom stereocenters. The van der Waals surface area contributed by atoms with Gasteiger partial charge in [0.2, 0.25) is 0 Å². The Hall–Kier alpha value is -0.0400. The van der Waals surface area contributed by atoms with Crippen LogP contribution in [0.4, 0.5) is 0 Å². The highest BCUT2D eigenvalue weighted by atomic mass is 15.1. The molecule has 1 heteroatoms. The van der Waals surface area contributed by atoms with E-state index in [-0.39, 0.29) is 0 Å². The van der Waals surface area contributed by atoms with Crippen LogP contribution in [0.2, 0.25) is 0 Å². The molecule has 0 bridgehead atoms. The van der Waals surface area contributed by atoms with Crippen molar-refractivity contribution in [3.63, 3.8) is 0 Å². The molecule has 1 nitrogen and oxygen atoms in total. The highest BCUT2D eigenvalue weighted by molar-refractivity contribution is 5.49. The topological polar surface area (TPSA) is 12.0 Å². The van der Waals surface area contributed by atoms with Crippen molar-refractivity contribution >= 4 is 0 Å². The van der Waals surface area contributed by atoms with Crippen LogP contribution in [0.1, 0.15) is 33.6 Å². The second-order valence-corrected chi connectivity index (χ2v) is 12.2. The third kappa shape index (κ3) is 0.730. The summed E-state index contributed by atoms with van der Waals surface area (Å²) in [6.07, 6.45) is 3.23. The Morgan fingerprint density at radius 3 is 1.58 bits per heavy atom. The Morgan fingerprint density at radius 1 is 0.667 bits per heavy atom. The Kier molecular flexibility index (Phi) is 1.54. The molecule has 1 heterocycles. The summed E-state index contributed by atoms with van der Waals surface area (Å²) in [5, 5.41) is 3.82. The van der Waals surface area contributed by atoms with Gasteiger partial charge in [0.05, 0.1) is 0 Å². The van der Waals surface area contributed by atoms with Gasteiger partial charge in [0, 0.05) is 12.6 Å². The zero-order valence-electron chi connectivity index (χ0n) is 15.3. The molecule has 0 aromatic carbocycles. The second kappa shape index (κ2) is 2.98. The molecule has 0 aromatic rings. The van der Waals surface area contributed by atoms with Crippen molar-refractivity contribution in [1.29, 1.82) is 0 Å². The lowest BCUT2D eigenvalue weighted by Crippen LogP contribution is -2.75. The fraction of sp³-hybridized carbons (Fsp3) is 1.00. The predicted octanol–water partition coefficient (Wildman–Crippen LogP) is 3.51. The molecule has 128 valence electrons. The van der Waals surface area contributed by atoms with Gasteiger partial charge >= 0.3 is 0 Å². The van der Waals surface area contributed by atoms with Crippen LogP contribution in [0.25, 0.3) is 0 Å². The normalized spacial score (nSPS) is 87.9. The number of piperidine rings is 1. The summed E-state index contributed by atoms with van der Waals surface area (Å²) in [7, 11) is 0. The molecule has 9 rings (SSSR count). The van der Waals surface area contributed by atoms with Gasteiger partial charge in [-0.05, 0) is 107 Å². The molecule has 0 aromatic heterocycles. The van der Waals surface area contributed by atoms with Gasteiger partial charge in [-0.25, -0.2) is 0 Å². The van der Waals surface area contributed by atoms with E-state index in [9.17, 15) is 0 Å². The molecule has 1 saturated heterocycles. The van der Waals surface area contributed by atoms with Crippen LogP contribution in [0, 0.1) is 93.7 Å². The van der Waals surface area contributed by atoms with E-state index in [0.29, 0.717) is 0 Å². The lowest BCUT2D eigenvalue weighted by Gasteiger charge is -2.65. The summed E-state index contributed by atoms with van der Waals surface area (Å²) in [6, 6.07) is 0.982. The summed E-state index contributed by atoms with van der Waals surface area (Å²) in [4.78, 5) is 0. The maximum Gasteiger partial charge on any atom is 0.0144 e. The third-order valence-corrected chi connectivity index (χ3v) is 13.5. The molecule has 1 aliphatic heterocycles. The Labute approximate surface area is 145 Å². The van der Waals surface area contributed by atoms with E-state index in [4.69, 9.17) is 0 Å². The van der Waals surface area contributed by atoms with Crippen molar-refractivity contribution in [2.24, 2.45) is 93.7 Å². The molecule has 9 aliphatic rings. The van der Waals surface area contributed by atoms with Crippen LogP contribution in [0.15, 0.2) is 0 Å². The molecule has 0 radical (unpaired) electrons. The maximum atomic E-state index is 3.82. The predicted molar refractivity (Wildman–Crippen MR) is 91.8 cm³/mol. The molecular formula is C23H31N. The van der Waals surface area contributed by atoms with E-state index in [0.717, 1.165) is 46.5 Å². The highest BCUT2D eigenvalue weighted by Crippen LogP contribution is 3.05. The molecule has 8 saturated carbocycles. The molecule has 8 aliphatic carbocycles. The number of rotatable bonds is 0. The van der Waals surface area contributed by atoms with E-state index in [1.807, 2.05) is 0 Å². The quantitative estimate of drug-likeness (QED) is 0.720. The van der Waals surface area contributed by atoms with Crippen LogP contribution in [-0.4, -0.2) is 12.6 Å². The Bertz CT molecular complexity index is 622. The molecule has 9 fully saturated rings. The van der Waals surface area contributed by atoms with E-state index in [2.05, 4.69) is 26.1 Å². The van der Waals surface area contributed by atoms with Gasteiger partial charge in [-0.2, -0.15) is 0 Å². The number of hydrogen-bond donors (Lipinski definition) is 1. The molecule has 0 amide bonds. The molecule has 1 N–H and O–H groups in total. The fourth-order valence-corrected chi connectivity index (χ4v) is 12.8. The van der Waals surface area contributed by atoms with Crippen LogP contribution < -0.4 is 5.32 Å². The standard InChI is InChI=1S/C23H31N/c1-7-8(2)22(17-13-10-4-5-11(10)14(13)18(17)22)23(9(7)3)19-15-12-6-24-21(12)16(15)20(19)23/h7-21,24H,4-6H2,1-3H3. The van der Waals surface area contributed by atoms with Gasteiger partial charge in [0.1, 0.15) is 0 Å². The van der Waals surface area contributed by atoms with Crippen LogP contribution in [0.3, 0.4) is 0 Å². The average molecular weight is 322 g/mol. The minimum atomic E-state index is 0.853. The summed E-state index contributed by atoms with van der Waals surface area (Å²) in [5.74, 6) is 16.3. The lowest BCUT2D eigenvalue weighted by molar-refractivity contribution is -0.174. The zero-order chi connectivity index (χ0) is 15.5. The lowest BCUT2D eigenvalue weighted by atomic mass is 9.39. The number of fused-ring (bicyclic) bond motifs is 19. The first-order chi connectivity index (χ1) is 11.7. The minimum absolute atomic E-state index is 0.853. The summed E-state index contributed by atoms with van der Waals surface area (Å²) < 4.78 is 0. The molecular weight excluding hydrogens is 290 g/mol. The summed E-state index contributed by atoms with van der Waals surface area (Å²) >= 11 is 0. The van der Waals surface area contributed by atoms with Gasteiger partial charge in [0.15, 0.2) is 0 Å². The van der Waals surface area contributed by atoms with Crippen molar-refractivity contribution < 1.29 is 0 Å². The first kappa shape index (κ1) is 12.4. The highest BCUT2D eigenvalue weighted by Gasteiger charge is 3.02. The molecule has 24 heavy (non-hydrogen) atoms. The van der Waals surface area contributed by atoms with Gasteiger partial charge in [-0.3, -0.25) is 0 Å². The number of hydrogen-bond acceptors (Lipinski definition) is 1. The van der Waals surface area contributed by atoms with Crippen molar-refractivity contribution in [2.45, 2.75) is 39.7 Å². The first-order valence-corrected chi connectivity index (χ1v) is 11.4.